The minimum atomic E-state index is -0.744. The SMILES string of the molecule is O=C(COC(=O)c1cccc(F)c1)c1ccc(Cl)cc1. The van der Waals surface area contributed by atoms with E-state index < -0.39 is 18.4 Å². The third-order valence-electron chi connectivity index (χ3n) is 2.56. The number of hydrogen-bond acceptors (Lipinski definition) is 3. The number of Topliss-reactive ketones (excluding diaryl/α,β-unsaturated/α-hetero) is 1. The molecule has 0 amide bonds. The zero-order valence-corrected chi connectivity index (χ0v) is 11.1. The van der Waals surface area contributed by atoms with Crippen LogP contribution in [0.25, 0.3) is 0 Å². The fourth-order valence-electron chi connectivity index (χ4n) is 1.55. The molecule has 2 aromatic rings. The lowest BCUT2D eigenvalue weighted by atomic mass is 10.1. The normalized spacial score (nSPS) is 10.1. The molecular formula is C15H10ClFO3. The van der Waals surface area contributed by atoms with E-state index in [4.69, 9.17) is 16.3 Å². The number of hydrogen-bond donors (Lipinski definition) is 0. The highest BCUT2D eigenvalue weighted by Gasteiger charge is 2.12. The van der Waals surface area contributed by atoms with Crippen LogP contribution in [0.4, 0.5) is 4.39 Å². The molecule has 0 atom stereocenters. The van der Waals surface area contributed by atoms with Crippen LogP contribution in [0, 0.1) is 5.82 Å². The van der Waals surface area contributed by atoms with Gasteiger partial charge in [-0.25, -0.2) is 9.18 Å². The summed E-state index contributed by atoms with van der Waals surface area (Å²) in [5, 5.41) is 0.512. The Bertz CT molecular complexity index is 638. The van der Waals surface area contributed by atoms with Crippen molar-refractivity contribution in [2.24, 2.45) is 0 Å². The topological polar surface area (TPSA) is 43.4 Å². The average molecular weight is 293 g/mol. The molecule has 0 fully saturated rings. The number of carbonyl (C=O) groups excluding carboxylic acids is 2. The Hall–Kier alpha value is -2.20. The Morgan fingerprint density at radius 2 is 1.75 bits per heavy atom. The van der Waals surface area contributed by atoms with Gasteiger partial charge in [0, 0.05) is 10.6 Å². The van der Waals surface area contributed by atoms with Crippen LogP contribution in [0.5, 0.6) is 0 Å². The molecule has 0 aliphatic heterocycles. The molecule has 0 aliphatic rings. The highest BCUT2D eigenvalue weighted by atomic mass is 35.5. The molecule has 0 aliphatic carbocycles. The van der Waals surface area contributed by atoms with Crippen molar-refractivity contribution >= 4 is 23.4 Å². The van der Waals surface area contributed by atoms with Gasteiger partial charge in [0.2, 0.25) is 0 Å². The Balaban J connectivity index is 1.96. The standard InChI is InChI=1S/C15H10ClFO3/c16-12-6-4-10(5-7-12)14(18)9-20-15(19)11-2-1-3-13(17)8-11/h1-8H,9H2. The molecule has 3 nitrogen and oxygen atoms in total. The Morgan fingerprint density at radius 1 is 1.05 bits per heavy atom. The molecule has 2 aromatic carbocycles. The molecule has 0 saturated carbocycles. The van der Waals surface area contributed by atoms with Gasteiger partial charge < -0.3 is 4.74 Å². The predicted octanol–water partition coefficient (Wildman–Crippen LogP) is 3.52. The van der Waals surface area contributed by atoms with Crippen molar-refractivity contribution < 1.29 is 18.7 Å². The molecule has 0 bridgehead atoms. The summed E-state index contributed by atoms with van der Waals surface area (Å²) < 4.78 is 17.8. The number of esters is 1. The van der Waals surface area contributed by atoms with Crippen LogP contribution in [0.3, 0.4) is 0 Å². The molecule has 0 heterocycles. The molecule has 2 rings (SSSR count). The number of carbonyl (C=O) groups is 2. The van der Waals surface area contributed by atoms with E-state index in [1.54, 1.807) is 24.3 Å². The summed E-state index contributed by atoms with van der Waals surface area (Å²) >= 11 is 5.71. The van der Waals surface area contributed by atoms with Crippen LogP contribution < -0.4 is 0 Å². The Kier molecular flexibility index (Phi) is 4.48. The molecule has 0 unspecified atom stereocenters. The van der Waals surface area contributed by atoms with Gasteiger partial charge in [0.15, 0.2) is 12.4 Å². The average Bonchev–Trinajstić information content (AvgIpc) is 2.45. The summed E-state index contributed by atoms with van der Waals surface area (Å²) in [6, 6.07) is 11.3. The zero-order valence-electron chi connectivity index (χ0n) is 10.3. The zero-order chi connectivity index (χ0) is 14.5. The lowest BCUT2D eigenvalue weighted by Gasteiger charge is -2.04. The van der Waals surface area contributed by atoms with Crippen LogP contribution in [-0.4, -0.2) is 18.4 Å². The van der Waals surface area contributed by atoms with Crippen molar-refractivity contribution in [2.75, 3.05) is 6.61 Å². The van der Waals surface area contributed by atoms with Crippen LogP contribution >= 0.6 is 11.6 Å². The first-order valence-electron chi connectivity index (χ1n) is 5.78. The van der Waals surface area contributed by atoms with E-state index in [0.717, 1.165) is 6.07 Å². The molecule has 102 valence electrons. The van der Waals surface area contributed by atoms with Crippen LogP contribution in [-0.2, 0) is 4.74 Å². The van der Waals surface area contributed by atoms with E-state index in [-0.39, 0.29) is 11.3 Å². The minimum Gasteiger partial charge on any atom is -0.454 e. The molecule has 0 spiro atoms. The Labute approximate surface area is 119 Å². The van der Waals surface area contributed by atoms with E-state index in [9.17, 15) is 14.0 Å². The van der Waals surface area contributed by atoms with Crippen molar-refractivity contribution in [3.05, 3.63) is 70.5 Å². The van der Waals surface area contributed by atoms with Gasteiger partial charge in [-0.05, 0) is 42.5 Å². The van der Waals surface area contributed by atoms with Crippen LogP contribution in [0.1, 0.15) is 20.7 Å². The van der Waals surface area contributed by atoms with Gasteiger partial charge in [0.05, 0.1) is 5.56 Å². The van der Waals surface area contributed by atoms with Crippen molar-refractivity contribution in [2.45, 2.75) is 0 Å². The van der Waals surface area contributed by atoms with Crippen molar-refractivity contribution in [3.63, 3.8) is 0 Å². The van der Waals surface area contributed by atoms with Gasteiger partial charge in [0.25, 0.3) is 0 Å². The second-order valence-corrected chi connectivity index (χ2v) is 4.45. The fraction of sp³-hybridized carbons (Fsp3) is 0.0667. The van der Waals surface area contributed by atoms with Gasteiger partial charge in [-0.2, -0.15) is 0 Å². The number of ketones is 1. The molecule has 0 saturated heterocycles. The number of rotatable bonds is 4. The smallest absolute Gasteiger partial charge is 0.338 e. The third-order valence-corrected chi connectivity index (χ3v) is 2.81. The molecule has 5 heteroatoms. The van der Waals surface area contributed by atoms with E-state index >= 15 is 0 Å². The predicted molar refractivity (Wildman–Crippen MR) is 72.5 cm³/mol. The van der Waals surface area contributed by atoms with Gasteiger partial charge in [0.1, 0.15) is 5.82 Å². The lowest BCUT2D eigenvalue weighted by Crippen LogP contribution is -2.14. The first kappa shape index (κ1) is 14.2. The van der Waals surface area contributed by atoms with Crippen LogP contribution in [0.15, 0.2) is 48.5 Å². The molecule has 0 aromatic heterocycles. The second-order valence-electron chi connectivity index (χ2n) is 4.02. The fourth-order valence-corrected chi connectivity index (χ4v) is 1.67. The van der Waals surface area contributed by atoms with Gasteiger partial charge in [-0.1, -0.05) is 17.7 Å². The molecule has 0 radical (unpaired) electrons. The van der Waals surface area contributed by atoms with Crippen molar-refractivity contribution in [3.8, 4) is 0 Å². The minimum absolute atomic E-state index is 0.0638. The maximum Gasteiger partial charge on any atom is 0.338 e. The number of benzene rings is 2. The Morgan fingerprint density at radius 3 is 2.40 bits per heavy atom. The maximum absolute atomic E-state index is 12.9. The summed E-state index contributed by atoms with van der Waals surface area (Å²) in [6.45, 7) is -0.406. The first-order valence-corrected chi connectivity index (χ1v) is 6.15. The summed E-state index contributed by atoms with van der Waals surface area (Å²) in [4.78, 5) is 23.4. The van der Waals surface area contributed by atoms with E-state index in [0.29, 0.717) is 10.6 Å². The quantitative estimate of drug-likeness (QED) is 0.640. The molecular weight excluding hydrogens is 283 g/mol. The monoisotopic (exact) mass is 292 g/mol. The van der Waals surface area contributed by atoms with Crippen molar-refractivity contribution in [1.29, 1.82) is 0 Å². The van der Waals surface area contributed by atoms with Crippen molar-refractivity contribution in [1.82, 2.24) is 0 Å². The summed E-state index contributed by atoms with van der Waals surface area (Å²) in [6.07, 6.45) is 0. The van der Waals surface area contributed by atoms with E-state index in [1.807, 2.05) is 0 Å². The summed E-state index contributed by atoms with van der Waals surface area (Å²) in [5.41, 5.74) is 0.454. The van der Waals surface area contributed by atoms with Gasteiger partial charge in [-0.3, -0.25) is 4.79 Å². The van der Waals surface area contributed by atoms with Crippen LogP contribution in [0.2, 0.25) is 5.02 Å². The summed E-state index contributed by atoms with van der Waals surface area (Å²) in [5.74, 6) is -1.64. The maximum atomic E-state index is 12.9. The van der Waals surface area contributed by atoms with E-state index in [1.165, 1.54) is 18.2 Å². The number of ether oxygens (including phenoxy) is 1. The van der Waals surface area contributed by atoms with E-state index in [2.05, 4.69) is 0 Å². The third kappa shape index (κ3) is 3.65. The highest BCUT2D eigenvalue weighted by Crippen LogP contribution is 2.11. The second kappa shape index (κ2) is 6.30. The number of halogens is 2. The molecule has 0 N–H and O–H groups in total. The molecule has 20 heavy (non-hydrogen) atoms. The largest absolute Gasteiger partial charge is 0.454 e. The van der Waals surface area contributed by atoms with Gasteiger partial charge in [-0.15, -0.1) is 0 Å². The lowest BCUT2D eigenvalue weighted by molar-refractivity contribution is 0.0474. The van der Waals surface area contributed by atoms with Gasteiger partial charge >= 0.3 is 5.97 Å². The highest BCUT2D eigenvalue weighted by molar-refractivity contribution is 6.30. The summed E-state index contributed by atoms with van der Waals surface area (Å²) in [7, 11) is 0. The first-order chi connectivity index (χ1) is 9.56.